The van der Waals surface area contributed by atoms with Gasteiger partial charge in [-0.25, -0.2) is 5.48 Å². The molecule has 66 valence electrons. The Morgan fingerprint density at radius 3 is 3.17 bits per heavy atom. The number of rotatable bonds is 2. The van der Waals surface area contributed by atoms with Crippen LogP contribution in [0.4, 0.5) is 0 Å². The third-order valence-corrected chi connectivity index (χ3v) is 2.07. The summed E-state index contributed by atoms with van der Waals surface area (Å²) in [6.07, 6.45) is 5.89. The normalized spacial score (nSPS) is 23.5. The fraction of sp³-hybridized carbons (Fsp3) is 0.625. The molecule has 0 saturated carbocycles. The number of hydrogen-bond acceptors (Lipinski definition) is 3. The lowest BCUT2D eigenvalue weighted by atomic mass is 10.1. The first-order chi connectivity index (χ1) is 5.77. The summed E-state index contributed by atoms with van der Waals surface area (Å²) in [5.74, 6) is 2.10. The van der Waals surface area contributed by atoms with E-state index < -0.39 is 0 Å². The van der Waals surface area contributed by atoms with Gasteiger partial charge in [-0.15, -0.1) is 6.42 Å². The Hall–Kier alpha value is -1.05. The lowest BCUT2D eigenvalue weighted by Gasteiger charge is -2.10. The van der Waals surface area contributed by atoms with Gasteiger partial charge in [-0.05, 0) is 13.0 Å². The third-order valence-electron chi connectivity index (χ3n) is 2.07. The number of hydroxylamine groups is 1. The fourth-order valence-corrected chi connectivity index (χ4v) is 1.41. The summed E-state index contributed by atoms with van der Waals surface area (Å²) in [6, 6.07) is 0. The van der Waals surface area contributed by atoms with Gasteiger partial charge in [0.15, 0.2) is 0 Å². The van der Waals surface area contributed by atoms with Crippen molar-refractivity contribution >= 4 is 5.91 Å². The third kappa shape index (κ3) is 1.97. The van der Waals surface area contributed by atoms with E-state index in [2.05, 4.69) is 5.92 Å². The Bertz CT molecular complexity index is 210. The standard InChI is InChI=1S/C8H12N2O2/c1-2-4-10-5-3-7(6-10)8(11)9-12/h1,7,12H,3-6H2,(H,9,11). The molecule has 0 spiro atoms. The number of nitrogens with one attached hydrogen (secondary N) is 1. The molecule has 0 aromatic heterocycles. The summed E-state index contributed by atoms with van der Waals surface area (Å²) in [5.41, 5.74) is 1.65. The van der Waals surface area contributed by atoms with Crippen LogP contribution in [0.5, 0.6) is 0 Å². The maximum atomic E-state index is 10.9. The van der Waals surface area contributed by atoms with Crippen molar-refractivity contribution in [1.82, 2.24) is 10.4 Å². The van der Waals surface area contributed by atoms with Crippen LogP contribution < -0.4 is 5.48 Å². The average molecular weight is 168 g/mol. The monoisotopic (exact) mass is 168 g/mol. The molecule has 4 heteroatoms. The summed E-state index contributed by atoms with van der Waals surface area (Å²) in [5, 5.41) is 8.35. The van der Waals surface area contributed by atoms with Gasteiger partial charge in [0, 0.05) is 6.54 Å². The SMILES string of the molecule is C#CCN1CCC(C(=O)NO)C1. The van der Waals surface area contributed by atoms with Crippen LogP contribution in [-0.4, -0.2) is 35.6 Å². The zero-order valence-corrected chi connectivity index (χ0v) is 6.79. The molecule has 1 saturated heterocycles. The number of hydrogen-bond donors (Lipinski definition) is 2. The Kier molecular flexibility index (Phi) is 3.09. The van der Waals surface area contributed by atoms with E-state index in [1.54, 1.807) is 5.48 Å². The van der Waals surface area contributed by atoms with E-state index in [1.165, 1.54) is 0 Å². The van der Waals surface area contributed by atoms with Gasteiger partial charge in [0.05, 0.1) is 12.5 Å². The highest BCUT2D eigenvalue weighted by Gasteiger charge is 2.27. The summed E-state index contributed by atoms with van der Waals surface area (Å²) in [4.78, 5) is 12.9. The summed E-state index contributed by atoms with van der Waals surface area (Å²) in [7, 11) is 0. The van der Waals surface area contributed by atoms with Gasteiger partial charge in [0.25, 0.3) is 0 Å². The molecule has 1 aliphatic rings. The Labute approximate surface area is 71.5 Å². The molecule has 1 heterocycles. The maximum Gasteiger partial charge on any atom is 0.247 e. The van der Waals surface area contributed by atoms with Crippen LogP contribution in [-0.2, 0) is 4.79 Å². The minimum absolute atomic E-state index is 0.108. The lowest BCUT2D eigenvalue weighted by Crippen LogP contribution is -2.30. The zero-order valence-electron chi connectivity index (χ0n) is 6.79. The van der Waals surface area contributed by atoms with Crippen LogP contribution in [0.3, 0.4) is 0 Å². The van der Waals surface area contributed by atoms with E-state index in [1.807, 2.05) is 4.90 Å². The lowest BCUT2D eigenvalue weighted by molar-refractivity contribution is -0.132. The van der Waals surface area contributed by atoms with Crippen molar-refractivity contribution in [2.24, 2.45) is 5.92 Å². The van der Waals surface area contributed by atoms with E-state index in [-0.39, 0.29) is 11.8 Å². The first-order valence-corrected chi connectivity index (χ1v) is 3.87. The summed E-state index contributed by atoms with van der Waals surface area (Å²) >= 11 is 0. The largest absolute Gasteiger partial charge is 0.292 e. The molecule has 1 atom stereocenters. The van der Waals surface area contributed by atoms with Crippen LogP contribution >= 0.6 is 0 Å². The topological polar surface area (TPSA) is 52.6 Å². The highest BCUT2D eigenvalue weighted by atomic mass is 16.5. The van der Waals surface area contributed by atoms with Crippen LogP contribution in [0.15, 0.2) is 0 Å². The molecule has 1 rings (SSSR count). The van der Waals surface area contributed by atoms with Gasteiger partial charge in [-0.3, -0.25) is 14.9 Å². The number of terminal acetylenes is 1. The van der Waals surface area contributed by atoms with Crippen molar-refractivity contribution in [3.63, 3.8) is 0 Å². The van der Waals surface area contributed by atoms with Crippen molar-refractivity contribution < 1.29 is 10.0 Å². The van der Waals surface area contributed by atoms with E-state index in [9.17, 15) is 4.79 Å². The van der Waals surface area contributed by atoms with Gasteiger partial charge in [0.1, 0.15) is 0 Å². The molecule has 2 N–H and O–H groups in total. The Morgan fingerprint density at radius 2 is 2.58 bits per heavy atom. The molecule has 1 fully saturated rings. The Balaban J connectivity index is 2.36. The van der Waals surface area contributed by atoms with Gasteiger partial charge in [0.2, 0.25) is 5.91 Å². The predicted octanol–water partition coefficient (Wildman–Crippen LogP) is -0.553. The highest BCUT2D eigenvalue weighted by molar-refractivity contribution is 5.77. The molecular weight excluding hydrogens is 156 g/mol. The first-order valence-electron chi connectivity index (χ1n) is 3.87. The number of amides is 1. The molecule has 1 aliphatic heterocycles. The number of carbonyl (C=O) groups is 1. The quantitative estimate of drug-likeness (QED) is 0.330. The summed E-state index contributed by atoms with van der Waals surface area (Å²) < 4.78 is 0. The minimum Gasteiger partial charge on any atom is -0.292 e. The van der Waals surface area contributed by atoms with Crippen molar-refractivity contribution in [2.45, 2.75) is 6.42 Å². The molecule has 0 aromatic rings. The number of nitrogens with zero attached hydrogens (tertiary/aromatic N) is 1. The fourth-order valence-electron chi connectivity index (χ4n) is 1.41. The second-order valence-electron chi connectivity index (χ2n) is 2.90. The van der Waals surface area contributed by atoms with Crippen molar-refractivity contribution in [3.05, 3.63) is 0 Å². The van der Waals surface area contributed by atoms with Gasteiger partial charge in [-0.2, -0.15) is 0 Å². The van der Waals surface area contributed by atoms with Crippen LogP contribution in [0.1, 0.15) is 6.42 Å². The van der Waals surface area contributed by atoms with Gasteiger partial charge in [-0.1, -0.05) is 5.92 Å². The molecule has 0 aliphatic carbocycles. The minimum atomic E-state index is -0.311. The second-order valence-corrected chi connectivity index (χ2v) is 2.90. The molecule has 4 nitrogen and oxygen atoms in total. The van der Waals surface area contributed by atoms with Gasteiger partial charge < -0.3 is 0 Å². The highest BCUT2D eigenvalue weighted by Crippen LogP contribution is 2.14. The van der Waals surface area contributed by atoms with Crippen LogP contribution in [0.2, 0.25) is 0 Å². The van der Waals surface area contributed by atoms with Crippen molar-refractivity contribution in [1.29, 1.82) is 0 Å². The smallest absolute Gasteiger partial charge is 0.247 e. The van der Waals surface area contributed by atoms with E-state index in [4.69, 9.17) is 11.6 Å². The molecule has 0 radical (unpaired) electrons. The molecule has 1 unspecified atom stereocenters. The van der Waals surface area contributed by atoms with Crippen LogP contribution in [0.25, 0.3) is 0 Å². The predicted molar refractivity (Wildman–Crippen MR) is 43.3 cm³/mol. The molecule has 1 amide bonds. The molecule has 0 bridgehead atoms. The van der Waals surface area contributed by atoms with E-state index in [0.717, 1.165) is 13.0 Å². The van der Waals surface area contributed by atoms with E-state index >= 15 is 0 Å². The van der Waals surface area contributed by atoms with Crippen molar-refractivity contribution in [2.75, 3.05) is 19.6 Å². The number of carbonyl (C=O) groups excluding carboxylic acids is 1. The Morgan fingerprint density at radius 1 is 1.83 bits per heavy atom. The van der Waals surface area contributed by atoms with Gasteiger partial charge >= 0.3 is 0 Å². The second kappa shape index (κ2) is 4.10. The molecule has 12 heavy (non-hydrogen) atoms. The summed E-state index contributed by atoms with van der Waals surface area (Å²) in [6.45, 7) is 2.06. The maximum absolute atomic E-state index is 10.9. The molecular formula is C8H12N2O2. The number of likely N-dealkylation sites (tertiary alicyclic amines) is 1. The van der Waals surface area contributed by atoms with Crippen LogP contribution in [0, 0.1) is 18.3 Å². The average Bonchev–Trinajstić information content (AvgIpc) is 2.52. The molecule has 0 aromatic carbocycles. The first kappa shape index (κ1) is 9.04. The van der Waals surface area contributed by atoms with Crippen molar-refractivity contribution in [3.8, 4) is 12.3 Å². The van der Waals surface area contributed by atoms with E-state index in [0.29, 0.717) is 13.1 Å². The zero-order chi connectivity index (χ0) is 8.97.